The van der Waals surface area contributed by atoms with Crippen LogP contribution >= 0.6 is 27.5 Å². The van der Waals surface area contributed by atoms with E-state index >= 15 is 0 Å². The van der Waals surface area contributed by atoms with Crippen molar-refractivity contribution >= 4 is 33.2 Å². The normalized spacial score (nSPS) is 10.5. The predicted octanol–water partition coefficient (Wildman–Crippen LogP) is 4.52. The zero-order chi connectivity index (χ0) is 15.7. The maximum absolute atomic E-state index is 11.2. The van der Waals surface area contributed by atoms with Gasteiger partial charge >= 0.3 is 5.69 Å². The quantitative estimate of drug-likeness (QED) is 0.450. The summed E-state index contributed by atoms with van der Waals surface area (Å²) in [7, 11) is 0. The third-order valence-electron chi connectivity index (χ3n) is 2.77. The molecule has 1 aromatic heterocycles. The average Bonchev–Trinajstić information content (AvgIpc) is 2.37. The number of aryl methyl sites for hydroxylation is 2. The number of hydrogen-bond donors (Lipinski definition) is 0. The highest BCUT2D eigenvalue weighted by Crippen LogP contribution is 2.38. The number of hydrogen-bond acceptors (Lipinski definition) is 5. The number of halogens is 2. The van der Waals surface area contributed by atoms with Gasteiger partial charge in [0.05, 0.1) is 4.92 Å². The second-order valence-electron chi connectivity index (χ2n) is 4.42. The van der Waals surface area contributed by atoms with Gasteiger partial charge in [0.25, 0.3) is 0 Å². The second-order valence-corrected chi connectivity index (χ2v) is 5.70. The van der Waals surface area contributed by atoms with Crippen LogP contribution in [0, 0.1) is 30.9 Å². The highest BCUT2D eigenvalue weighted by molar-refractivity contribution is 9.10. The van der Waals surface area contributed by atoms with E-state index in [-0.39, 0.29) is 22.5 Å². The maximum Gasteiger partial charge on any atom is 0.313 e. The van der Waals surface area contributed by atoms with Crippen LogP contribution in [-0.2, 0) is 0 Å². The number of benzene rings is 1. The molecule has 0 radical (unpaired) electrons. The van der Waals surface area contributed by atoms with Gasteiger partial charge in [-0.3, -0.25) is 10.1 Å². The maximum atomic E-state index is 11.2. The Morgan fingerprint density at radius 3 is 2.57 bits per heavy atom. The molecule has 2 rings (SSSR count). The summed E-state index contributed by atoms with van der Waals surface area (Å²) in [6, 6.07) is 3.11. The van der Waals surface area contributed by atoms with Crippen molar-refractivity contribution in [3.05, 3.63) is 48.8 Å². The molecule has 6 nitrogen and oxygen atoms in total. The van der Waals surface area contributed by atoms with Crippen LogP contribution in [0.15, 0.2) is 16.6 Å². The minimum Gasteiger partial charge on any atom is -0.431 e. The standard InChI is InChI=1S/C13H11BrClN3O3/c1-6-4-9(14)5-10(18(19)20)11(6)21-13-7(2)12(15)16-8(3)17-13/h4-5H,1-3H3. The Morgan fingerprint density at radius 1 is 1.29 bits per heavy atom. The van der Waals surface area contributed by atoms with Crippen molar-refractivity contribution < 1.29 is 9.66 Å². The predicted molar refractivity (Wildman–Crippen MR) is 82.1 cm³/mol. The zero-order valence-corrected chi connectivity index (χ0v) is 13.8. The Kier molecular flexibility index (Phi) is 4.43. The lowest BCUT2D eigenvalue weighted by molar-refractivity contribution is -0.385. The molecule has 110 valence electrons. The fourth-order valence-electron chi connectivity index (χ4n) is 1.75. The van der Waals surface area contributed by atoms with Crippen LogP contribution < -0.4 is 4.74 Å². The molecule has 1 heterocycles. The van der Waals surface area contributed by atoms with E-state index in [2.05, 4.69) is 25.9 Å². The van der Waals surface area contributed by atoms with E-state index in [1.807, 2.05) is 0 Å². The van der Waals surface area contributed by atoms with Gasteiger partial charge in [0, 0.05) is 21.7 Å². The molecule has 8 heteroatoms. The summed E-state index contributed by atoms with van der Waals surface area (Å²) in [6.07, 6.45) is 0. The van der Waals surface area contributed by atoms with E-state index in [1.54, 1.807) is 26.8 Å². The molecule has 0 atom stereocenters. The Labute approximate surface area is 134 Å². The lowest BCUT2D eigenvalue weighted by Crippen LogP contribution is -2.01. The number of nitro groups is 1. The molecule has 2 aromatic rings. The van der Waals surface area contributed by atoms with Gasteiger partial charge in [-0.15, -0.1) is 0 Å². The molecule has 0 N–H and O–H groups in total. The largest absolute Gasteiger partial charge is 0.431 e. The molecular weight excluding hydrogens is 362 g/mol. The molecule has 0 aliphatic rings. The first-order valence-electron chi connectivity index (χ1n) is 5.92. The SMILES string of the molecule is Cc1nc(Cl)c(C)c(Oc2c(C)cc(Br)cc2[N+](=O)[O-])n1. The van der Waals surface area contributed by atoms with Gasteiger partial charge in [-0.2, -0.15) is 4.98 Å². The first kappa shape index (κ1) is 15.7. The second kappa shape index (κ2) is 5.95. The van der Waals surface area contributed by atoms with Gasteiger partial charge in [-0.1, -0.05) is 27.5 Å². The van der Waals surface area contributed by atoms with Crippen LogP contribution in [0.4, 0.5) is 5.69 Å². The molecule has 0 saturated carbocycles. The fraction of sp³-hybridized carbons (Fsp3) is 0.231. The van der Waals surface area contributed by atoms with Crippen LogP contribution in [0.2, 0.25) is 5.15 Å². The van der Waals surface area contributed by atoms with Crippen LogP contribution in [0.1, 0.15) is 17.0 Å². The summed E-state index contributed by atoms with van der Waals surface area (Å²) in [5, 5.41) is 11.4. The Bertz CT molecular complexity index is 737. The first-order valence-corrected chi connectivity index (χ1v) is 7.10. The lowest BCUT2D eigenvalue weighted by Gasteiger charge is -2.11. The van der Waals surface area contributed by atoms with Gasteiger partial charge in [-0.05, 0) is 26.8 Å². The number of aromatic nitrogens is 2. The summed E-state index contributed by atoms with van der Waals surface area (Å²) in [6.45, 7) is 5.08. The minimum atomic E-state index is -0.502. The summed E-state index contributed by atoms with van der Waals surface area (Å²) in [5.41, 5.74) is 0.996. The van der Waals surface area contributed by atoms with Gasteiger partial charge in [-0.25, -0.2) is 4.98 Å². The van der Waals surface area contributed by atoms with Gasteiger partial charge in [0.15, 0.2) is 0 Å². The minimum absolute atomic E-state index is 0.139. The van der Waals surface area contributed by atoms with Crippen molar-refractivity contribution in [1.82, 2.24) is 9.97 Å². The molecule has 0 saturated heterocycles. The molecule has 0 amide bonds. The molecule has 0 fully saturated rings. The van der Waals surface area contributed by atoms with E-state index in [0.717, 1.165) is 0 Å². The third-order valence-corrected chi connectivity index (χ3v) is 3.59. The molecular formula is C13H11BrClN3O3. The molecule has 1 aromatic carbocycles. The van der Waals surface area contributed by atoms with E-state index in [0.29, 0.717) is 21.4 Å². The summed E-state index contributed by atoms with van der Waals surface area (Å²) in [5.74, 6) is 0.777. The fourth-order valence-corrected chi connectivity index (χ4v) is 2.51. The molecule has 0 aliphatic heterocycles. The summed E-state index contributed by atoms with van der Waals surface area (Å²) < 4.78 is 6.26. The van der Waals surface area contributed by atoms with Gasteiger partial charge in [0.2, 0.25) is 11.6 Å². The zero-order valence-electron chi connectivity index (χ0n) is 11.5. The molecule has 0 aliphatic carbocycles. The van der Waals surface area contributed by atoms with E-state index < -0.39 is 4.92 Å². The highest BCUT2D eigenvalue weighted by atomic mass is 79.9. The molecule has 21 heavy (non-hydrogen) atoms. The number of ether oxygens (including phenoxy) is 1. The highest BCUT2D eigenvalue weighted by Gasteiger charge is 2.21. The van der Waals surface area contributed by atoms with E-state index in [4.69, 9.17) is 16.3 Å². The Hall–Kier alpha value is -1.73. The van der Waals surface area contributed by atoms with E-state index in [9.17, 15) is 10.1 Å². The summed E-state index contributed by atoms with van der Waals surface area (Å²) in [4.78, 5) is 18.8. The molecule has 0 unspecified atom stereocenters. The van der Waals surface area contributed by atoms with Gasteiger partial charge in [0.1, 0.15) is 11.0 Å². The third kappa shape index (κ3) is 3.30. The number of rotatable bonds is 3. The van der Waals surface area contributed by atoms with Crippen molar-refractivity contribution in [1.29, 1.82) is 0 Å². The van der Waals surface area contributed by atoms with Crippen molar-refractivity contribution in [3.63, 3.8) is 0 Å². The van der Waals surface area contributed by atoms with Crippen LogP contribution in [0.25, 0.3) is 0 Å². The van der Waals surface area contributed by atoms with Crippen molar-refractivity contribution in [2.24, 2.45) is 0 Å². The molecule has 0 bridgehead atoms. The Morgan fingerprint density at radius 2 is 1.95 bits per heavy atom. The van der Waals surface area contributed by atoms with Crippen molar-refractivity contribution in [3.8, 4) is 11.6 Å². The number of nitro benzene ring substituents is 1. The monoisotopic (exact) mass is 371 g/mol. The lowest BCUT2D eigenvalue weighted by atomic mass is 10.2. The first-order chi connectivity index (χ1) is 9.79. The average molecular weight is 373 g/mol. The smallest absolute Gasteiger partial charge is 0.313 e. The number of nitrogens with zero attached hydrogens (tertiary/aromatic N) is 3. The van der Waals surface area contributed by atoms with Crippen molar-refractivity contribution in [2.45, 2.75) is 20.8 Å². The van der Waals surface area contributed by atoms with E-state index in [1.165, 1.54) is 6.07 Å². The Balaban J connectivity index is 2.57. The summed E-state index contributed by atoms with van der Waals surface area (Å²) >= 11 is 9.21. The molecule has 0 spiro atoms. The van der Waals surface area contributed by atoms with Crippen LogP contribution in [-0.4, -0.2) is 14.9 Å². The van der Waals surface area contributed by atoms with Crippen molar-refractivity contribution in [2.75, 3.05) is 0 Å². The topological polar surface area (TPSA) is 78.2 Å². The van der Waals surface area contributed by atoms with Gasteiger partial charge < -0.3 is 4.74 Å². The van der Waals surface area contributed by atoms with Crippen LogP contribution in [0.5, 0.6) is 11.6 Å². The van der Waals surface area contributed by atoms with Crippen LogP contribution in [0.3, 0.4) is 0 Å².